The Labute approximate surface area is 150 Å². The molecule has 3 heterocycles. The molecule has 2 nitrogen and oxygen atoms in total. The van der Waals surface area contributed by atoms with Crippen molar-refractivity contribution in [1.82, 2.24) is 4.40 Å². The van der Waals surface area contributed by atoms with Crippen LogP contribution in [-0.4, -0.2) is 4.40 Å². The van der Waals surface area contributed by atoms with Gasteiger partial charge in [-0.15, -0.1) is 11.3 Å². The molecule has 0 saturated carbocycles. The summed E-state index contributed by atoms with van der Waals surface area (Å²) in [5.41, 5.74) is 6.20. The lowest BCUT2D eigenvalue weighted by Crippen LogP contribution is -1.86. The fraction of sp³-hybridized carbons (Fsp3) is 0.0455. The van der Waals surface area contributed by atoms with Crippen LogP contribution in [0.15, 0.2) is 72.9 Å². The third-order valence-corrected chi connectivity index (χ3v) is 5.40. The van der Waals surface area contributed by atoms with Gasteiger partial charge in [0.25, 0.3) is 0 Å². The van der Waals surface area contributed by atoms with E-state index in [0.717, 1.165) is 4.88 Å². The SMILES string of the molecule is Cc1c(-c2ccccc2)c(-c2ccc(/C=C\C#N)s2)n2ccccc12. The van der Waals surface area contributed by atoms with E-state index >= 15 is 0 Å². The number of hydrogen-bond acceptors (Lipinski definition) is 2. The number of fused-ring (bicyclic) bond motifs is 1. The highest BCUT2D eigenvalue weighted by molar-refractivity contribution is 7.16. The van der Waals surface area contributed by atoms with Gasteiger partial charge in [-0.3, -0.25) is 0 Å². The lowest BCUT2D eigenvalue weighted by molar-refractivity contribution is 1.21. The maximum Gasteiger partial charge on any atom is 0.0912 e. The van der Waals surface area contributed by atoms with Crippen molar-refractivity contribution >= 4 is 22.9 Å². The van der Waals surface area contributed by atoms with Gasteiger partial charge >= 0.3 is 0 Å². The van der Waals surface area contributed by atoms with Crippen molar-refractivity contribution in [1.29, 1.82) is 5.26 Å². The number of pyridine rings is 1. The van der Waals surface area contributed by atoms with Crippen LogP contribution < -0.4 is 0 Å². The second-order valence-corrected chi connectivity index (χ2v) is 6.95. The minimum absolute atomic E-state index is 1.08. The molecule has 3 aromatic heterocycles. The van der Waals surface area contributed by atoms with Crippen molar-refractivity contribution in [2.24, 2.45) is 0 Å². The van der Waals surface area contributed by atoms with Crippen LogP contribution >= 0.6 is 11.3 Å². The van der Waals surface area contributed by atoms with Crippen molar-refractivity contribution in [3.63, 3.8) is 0 Å². The molecule has 4 aromatic rings. The predicted molar refractivity (Wildman–Crippen MR) is 106 cm³/mol. The molecule has 1 aromatic carbocycles. The molecule has 4 rings (SSSR count). The van der Waals surface area contributed by atoms with Gasteiger partial charge in [-0.2, -0.15) is 5.26 Å². The van der Waals surface area contributed by atoms with Crippen LogP contribution in [-0.2, 0) is 0 Å². The van der Waals surface area contributed by atoms with E-state index in [2.05, 4.69) is 78.2 Å². The molecule has 0 spiro atoms. The second kappa shape index (κ2) is 6.43. The summed E-state index contributed by atoms with van der Waals surface area (Å²) >= 11 is 1.70. The van der Waals surface area contributed by atoms with Crippen molar-refractivity contribution in [2.75, 3.05) is 0 Å². The molecule has 0 aliphatic rings. The van der Waals surface area contributed by atoms with Crippen LogP contribution in [0, 0.1) is 18.3 Å². The molecule has 0 saturated heterocycles. The second-order valence-electron chi connectivity index (χ2n) is 5.83. The van der Waals surface area contributed by atoms with Gasteiger partial charge in [-0.1, -0.05) is 36.4 Å². The third kappa shape index (κ3) is 2.67. The van der Waals surface area contributed by atoms with E-state index in [4.69, 9.17) is 5.26 Å². The van der Waals surface area contributed by atoms with Gasteiger partial charge in [0.1, 0.15) is 0 Å². The summed E-state index contributed by atoms with van der Waals surface area (Å²) < 4.78 is 2.27. The summed E-state index contributed by atoms with van der Waals surface area (Å²) in [7, 11) is 0. The van der Waals surface area contributed by atoms with E-state index in [1.807, 2.05) is 12.1 Å². The first-order chi connectivity index (χ1) is 12.3. The van der Waals surface area contributed by atoms with Crippen LogP contribution in [0.2, 0.25) is 0 Å². The monoisotopic (exact) mass is 340 g/mol. The van der Waals surface area contributed by atoms with E-state index in [9.17, 15) is 0 Å². The van der Waals surface area contributed by atoms with E-state index < -0.39 is 0 Å². The smallest absolute Gasteiger partial charge is 0.0912 e. The topological polar surface area (TPSA) is 28.2 Å². The number of hydrogen-bond donors (Lipinski definition) is 0. The minimum Gasteiger partial charge on any atom is -0.315 e. The number of nitriles is 1. The lowest BCUT2D eigenvalue weighted by atomic mass is 10.0. The molecule has 0 amide bonds. The van der Waals surface area contributed by atoms with Gasteiger partial charge in [-0.05, 0) is 48.4 Å². The zero-order chi connectivity index (χ0) is 17.2. The van der Waals surface area contributed by atoms with Crippen LogP contribution in [0.5, 0.6) is 0 Å². The molecule has 0 aliphatic carbocycles. The average Bonchev–Trinajstić information content (AvgIpc) is 3.23. The number of thiophene rings is 1. The number of nitrogens with zero attached hydrogens (tertiary/aromatic N) is 2. The molecular formula is C22H16N2S. The molecule has 120 valence electrons. The lowest BCUT2D eigenvalue weighted by Gasteiger charge is -2.06. The van der Waals surface area contributed by atoms with Gasteiger partial charge < -0.3 is 4.40 Å². The Kier molecular flexibility index (Phi) is 3.97. The normalized spacial score (nSPS) is 11.2. The first-order valence-electron chi connectivity index (χ1n) is 8.11. The highest BCUT2D eigenvalue weighted by Gasteiger charge is 2.19. The highest BCUT2D eigenvalue weighted by atomic mass is 32.1. The Balaban J connectivity index is 2.01. The molecule has 0 bridgehead atoms. The quantitative estimate of drug-likeness (QED) is 0.409. The van der Waals surface area contributed by atoms with E-state index in [1.54, 1.807) is 11.3 Å². The number of allylic oxidation sites excluding steroid dienone is 1. The molecule has 0 radical (unpaired) electrons. The van der Waals surface area contributed by atoms with Gasteiger partial charge in [-0.25, -0.2) is 0 Å². The molecule has 0 N–H and O–H groups in total. The highest BCUT2D eigenvalue weighted by Crippen LogP contribution is 2.41. The van der Waals surface area contributed by atoms with Gasteiger partial charge in [0, 0.05) is 28.2 Å². The Bertz CT molecular complexity index is 1110. The Hall–Kier alpha value is -3.09. The van der Waals surface area contributed by atoms with Gasteiger partial charge in [0.05, 0.1) is 16.6 Å². The standard InChI is InChI=1S/C22H16N2S/c1-16-19-11-5-6-15-24(19)22(21(16)17-8-3-2-4-9-17)20-13-12-18(25-20)10-7-14-23/h2-13,15H,1H3/b10-7-. The maximum absolute atomic E-state index is 8.75. The summed E-state index contributed by atoms with van der Waals surface area (Å²) in [5, 5.41) is 8.75. The van der Waals surface area contributed by atoms with Gasteiger partial charge in [0.15, 0.2) is 0 Å². The van der Waals surface area contributed by atoms with E-state index in [-0.39, 0.29) is 0 Å². The van der Waals surface area contributed by atoms with Crippen LogP contribution in [0.1, 0.15) is 10.4 Å². The molecular weight excluding hydrogens is 324 g/mol. The number of aromatic nitrogens is 1. The van der Waals surface area contributed by atoms with E-state index in [0.29, 0.717) is 0 Å². The van der Waals surface area contributed by atoms with Gasteiger partial charge in [0.2, 0.25) is 0 Å². The number of aryl methyl sites for hydroxylation is 1. The zero-order valence-electron chi connectivity index (χ0n) is 13.8. The summed E-state index contributed by atoms with van der Waals surface area (Å²) in [4.78, 5) is 2.28. The van der Waals surface area contributed by atoms with E-state index in [1.165, 1.54) is 38.9 Å². The van der Waals surface area contributed by atoms with Crippen molar-refractivity contribution in [2.45, 2.75) is 6.92 Å². The number of benzene rings is 1. The van der Waals surface area contributed by atoms with Crippen molar-refractivity contribution in [3.8, 4) is 27.8 Å². The fourth-order valence-electron chi connectivity index (χ4n) is 3.26. The summed E-state index contributed by atoms with van der Waals surface area (Å²) in [6.07, 6.45) is 5.50. The summed E-state index contributed by atoms with van der Waals surface area (Å²) in [6.45, 7) is 2.19. The average molecular weight is 340 g/mol. The predicted octanol–water partition coefficient (Wildman–Crippen LogP) is 6.18. The Morgan fingerprint density at radius 1 is 1.00 bits per heavy atom. The first kappa shape index (κ1) is 15.4. The Morgan fingerprint density at radius 3 is 2.60 bits per heavy atom. The van der Waals surface area contributed by atoms with Crippen LogP contribution in [0.3, 0.4) is 0 Å². The molecule has 0 unspecified atom stereocenters. The molecule has 0 aliphatic heterocycles. The van der Waals surface area contributed by atoms with Crippen molar-refractivity contribution in [3.05, 3.63) is 83.4 Å². The number of rotatable bonds is 3. The summed E-state index contributed by atoms with van der Waals surface area (Å²) in [5.74, 6) is 0. The molecule has 0 fully saturated rings. The maximum atomic E-state index is 8.75. The molecule has 0 atom stereocenters. The van der Waals surface area contributed by atoms with Crippen LogP contribution in [0.4, 0.5) is 0 Å². The largest absolute Gasteiger partial charge is 0.315 e. The molecule has 25 heavy (non-hydrogen) atoms. The third-order valence-electron chi connectivity index (χ3n) is 4.34. The first-order valence-corrected chi connectivity index (χ1v) is 8.92. The van der Waals surface area contributed by atoms with Crippen molar-refractivity contribution < 1.29 is 0 Å². The fourth-order valence-corrected chi connectivity index (χ4v) is 4.22. The zero-order valence-corrected chi connectivity index (χ0v) is 14.6. The Morgan fingerprint density at radius 2 is 1.80 bits per heavy atom. The minimum atomic E-state index is 1.08. The molecule has 3 heteroatoms. The van der Waals surface area contributed by atoms with Crippen LogP contribution in [0.25, 0.3) is 33.3 Å². The summed E-state index contributed by atoms with van der Waals surface area (Å²) in [6, 6.07) is 23.1.